The van der Waals surface area contributed by atoms with E-state index < -0.39 is 10.7 Å². The SMILES string of the molecule is O=C(Cl)[C@H](Cl)N1CCCc2cc(O)ccc21. The monoisotopic (exact) mass is 259 g/mol. The molecule has 1 N–H and O–H groups in total. The van der Waals surface area contributed by atoms with Crippen molar-refractivity contribution in [3.05, 3.63) is 23.8 Å². The summed E-state index contributed by atoms with van der Waals surface area (Å²) < 4.78 is 0. The molecule has 1 aliphatic rings. The Kier molecular flexibility index (Phi) is 3.26. The second-order valence-electron chi connectivity index (χ2n) is 3.75. The van der Waals surface area contributed by atoms with Gasteiger partial charge >= 0.3 is 0 Å². The fourth-order valence-electron chi connectivity index (χ4n) is 1.97. The van der Waals surface area contributed by atoms with E-state index in [2.05, 4.69) is 0 Å². The second-order valence-corrected chi connectivity index (χ2v) is 4.54. The number of phenolic OH excluding ortho intramolecular Hbond substituents is 1. The number of hydrogen-bond acceptors (Lipinski definition) is 3. The first-order chi connectivity index (χ1) is 7.59. The fourth-order valence-corrected chi connectivity index (χ4v) is 2.29. The Morgan fingerprint density at radius 3 is 2.94 bits per heavy atom. The molecule has 0 radical (unpaired) electrons. The lowest BCUT2D eigenvalue weighted by molar-refractivity contribution is -0.111. The van der Waals surface area contributed by atoms with Crippen molar-refractivity contribution in [2.45, 2.75) is 18.3 Å². The third kappa shape index (κ3) is 2.11. The Morgan fingerprint density at radius 2 is 2.25 bits per heavy atom. The van der Waals surface area contributed by atoms with Crippen molar-refractivity contribution >= 4 is 34.1 Å². The van der Waals surface area contributed by atoms with Crippen LogP contribution in [0.2, 0.25) is 0 Å². The standard InChI is InChI=1S/C11H11Cl2NO2/c12-10(11(13)16)14-5-1-2-7-6-8(15)3-4-9(7)14/h3-4,6,10,15H,1-2,5H2/t10-/m1/s1. The predicted octanol–water partition coefficient (Wildman–Crippen LogP) is 2.48. The number of alkyl halides is 1. The van der Waals surface area contributed by atoms with Gasteiger partial charge in [-0.3, -0.25) is 4.79 Å². The minimum atomic E-state index is -0.842. The van der Waals surface area contributed by atoms with Gasteiger partial charge in [0.05, 0.1) is 0 Å². The largest absolute Gasteiger partial charge is 0.508 e. The summed E-state index contributed by atoms with van der Waals surface area (Å²) in [5.41, 5.74) is 1.03. The molecule has 0 fully saturated rings. The van der Waals surface area contributed by atoms with Gasteiger partial charge in [-0.2, -0.15) is 0 Å². The first-order valence-corrected chi connectivity index (χ1v) is 5.83. The summed E-state index contributed by atoms with van der Waals surface area (Å²) in [5, 5.41) is 8.80. The summed E-state index contributed by atoms with van der Waals surface area (Å²) in [6.45, 7) is 0.699. The van der Waals surface area contributed by atoms with Gasteiger partial charge in [0.2, 0.25) is 0 Å². The third-order valence-electron chi connectivity index (χ3n) is 2.68. The van der Waals surface area contributed by atoms with Gasteiger partial charge in [0.25, 0.3) is 5.24 Å². The molecule has 0 saturated heterocycles. The van der Waals surface area contributed by atoms with Gasteiger partial charge in [0, 0.05) is 12.2 Å². The number of benzene rings is 1. The zero-order valence-electron chi connectivity index (χ0n) is 8.49. The highest BCUT2D eigenvalue weighted by Crippen LogP contribution is 2.32. The van der Waals surface area contributed by atoms with E-state index in [-0.39, 0.29) is 5.75 Å². The van der Waals surface area contributed by atoms with Crippen LogP contribution in [0.25, 0.3) is 0 Å². The average molecular weight is 260 g/mol. The molecule has 1 aromatic rings. The van der Waals surface area contributed by atoms with Crippen LogP contribution >= 0.6 is 23.2 Å². The number of phenols is 1. The molecule has 2 rings (SSSR count). The van der Waals surface area contributed by atoms with Crippen molar-refractivity contribution in [1.29, 1.82) is 0 Å². The number of anilines is 1. The molecule has 1 aromatic carbocycles. The zero-order valence-corrected chi connectivity index (χ0v) is 10.0. The van der Waals surface area contributed by atoms with Crippen LogP contribution < -0.4 is 4.90 Å². The van der Waals surface area contributed by atoms with Crippen molar-refractivity contribution < 1.29 is 9.90 Å². The number of halogens is 2. The molecule has 0 saturated carbocycles. The highest BCUT2D eigenvalue weighted by molar-refractivity contribution is 6.69. The Hall–Kier alpha value is -0.930. The summed E-state index contributed by atoms with van der Waals surface area (Å²) in [6, 6.07) is 5.04. The van der Waals surface area contributed by atoms with Crippen LogP contribution in [0.5, 0.6) is 5.75 Å². The van der Waals surface area contributed by atoms with Crippen molar-refractivity contribution in [3.63, 3.8) is 0 Å². The number of nitrogens with zero attached hydrogens (tertiary/aromatic N) is 1. The predicted molar refractivity (Wildman–Crippen MR) is 64.3 cm³/mol. The van der Waals surface area contributed by atoms with E-state index in [1.165, 1.54) is 0 Å². The van der Waals surface area contributed by atoms with Gasteiger partial charge in [-0.05, 0) is 48.2 Å². The van der Waals surface area contributed by atoms with Gasteiger partial charge in [-0.1, -0.05) is 11.6 Å². The van der Waals surface area contributed by atoms with Crippen LogP contribution in [0.3, 0.4) is 0 Å². The molecule has 1 aliphatic heterocycles. The summed E-state index contributed by atoms with van der Waals surface area (Å²) >= 11 is 11.3. The van der Waals surface area contributed by atoms with Crippen molar-refractivity contribution in [1.82, 2.24) is 0 Å². The number of rotatable bonds is 2. The van der Waals surface area contributed by atoms with Crippen LogP contribution in [-0.2, 0) is 11.2 Å². The number of fused-ring (bicyclic) bond motifs is 1. The maximum Gasteiger partial charge on any atom is 0.259 e. The Labute approximate surface area is 104 Å². The molecule has 0 spiro atoms. The number of carbonyl (C=O) groups excluding carboxylic acids is 1. The number of hydrogen-bond donors (Lipinski definition) is 1. The summed E-state index contributed by atoms with van der Waals surface area (Å²) in [7, 11) is 0. The zero-order chi connectivity index (χ0) is 11.7. The third-order valence-corrected chi connectivity index (χ3v) is 3.43. The van der Waals surface area contributed by atoms with Crippen LogP contribution in [-0.4, -0.2) is 22.4 Å². The molecule has 5 heteroatoms. The van der Waals surface area contributed by atoms with Crippen LogP contribution in [0, 0.1) is 0 Å². The molecule has 0 aromatic heterocycles. The van der Waals surface area contributed by atoms with Crippen LogP contribution in [0.1, 0.15) is 12.0 Å². The lowest BCUT2D eigenvalue weighted by Crippen LogP contribution is -2.39. The minimum Gasteiger partial charge on any atom is -0.508 e. The van der Waals surface area contributed by atoms with Crippen molar-refractivity contribution in [3.8, 4) is 5.75 Å². The lowest BCUT2D eigenvalue weighted by Gasteiger charge is -2.33. The molecule has 3 nitrogen and oxygen atoms in total. The Morgan fingerprint density at radius 1 is 1.50 bits per heavy atom. The maximum absolute atomic E-state index is 11.1. The van der Waals surface area contributed by atoms with Gasteiger partial charge in [-0.15, -0.1) is 0 Å². The van der Waals surface area contributed by atoms with E-state index in [0.29, 0.717) is 6.54 Å². The highest BCUT2D eigenvalue weighted by atomic mass is 35.5. The molecule has 16 heavy (non-hydrogen) atoms. The van der Waals surface area contributed by atoms with Gasteiger partial charge < -0.3 is 10.0 Å². The minimum absolute atomic E-state index is 0.226. The first kappa shape index (κ1) is 11.6. The number of aromatic hydroxyl groups is 1. The smallest absolute Gasteiger partial charge is 0.259 e. The normalized spacial score (nSPS) is 16.8. The summed E-state index contributed by atoms with van der Waals surface area (Å²) in [6.07, 6.45) is 1.77. The van der Waals surface area contributed by atoms with E-state index in [1.807, 2.05) is 0 Å². The molecule has 0 aliphatic carbocycles. The van der Waals surface area contributed by atoms with E-state index in [9.17, 15) is 9.90 Å². The van der Waals surface area contributed by atoms with E-state index in [4.69, 9.17) is 23.2 Å². The number of carbonyl (C=O) groups is 1. The van der Waals surface area contributed by atoms with Crippen LogP contribution in [0.15, 0.2) is 18.2 Å². The van der Waals surface area contributed by atoms with E-state index >= 15 is 0 Å². The lowest BCUT2D eigenvalue weighted by atomic mass is 10.0. The van der Waals surface area contributed by atoms with E-state index in [1.54, 1.807) is 23.1 Å². The van der Waals surface area contributed by atoms with Crippen molar-refractivity contribution in [2.24, 2.45) is 0 Å². The van der Waals surface area contributed by atoms with E-state index in [0.717, 1.165) is 24.1 Å². The van der Waals surface area contributed by atoms with Crippen molar-refractivity contribution in [2.75, 3.05) is 11.4 Å². The maximum atomic E-state index is 11.1. The number of aryl methyl sites for hydroxylation is 1. The quantitative estimate of drug-likeness (QED) is 0.504. The molecular weight excluding hydrogens is 249 g/mol. The highest BCUT2D eigenvalue weighted by Gasteiger charge is 2.26. The van der Waals surface area contributed by atoms with Crippen LogP contribution in [0.4, 0.5) is 5.69 Å². The molecular formula is C11H11Cl2NO2. The fraction of sp³-hybridized carbons (Fsp3) is 0.364. The summed E-state index contributed by atoms with van der Waals surface area (Å²) in [4.78, 5) is 12.8. The Balaban J connectivity index is 2.36. The molecule has 1 atom stereocenters. The molecule has 0 unspecified atom stereocenters. The molecule has 0 bridgehead atoms. The molecule has 86 valence electrons. The molecule has 1 heterocycles. The second kappa shape index (κ2) is 4.52. The van der Waals surface area contributed by atoms with Gasteiger partial charge in [-0.25, -0.2) is 0 Å². The molecule has 0 amide bonds. The van der Waals surface area contributed by atoms with Gasteiger partial charge in [0.1, 0.15) is 5.75 Å². The van der Waals surface area contributed by atoms with Gasteiger partial charge in [0.15, 0.2) is 5.50 Å². The topological polar surface area (TPSA) is 40.5 Å². The average Bonchev–Trinajstić information content (AvgIpc) is 2.26. The Bertz CT molecular complexity index is 422. The summed E-state index contributed by atoms with van der Waals surface area (Å²) in [5.74, 6) is 0.226. The first-order valence-electron chi connectivity index (χ1n) is 5.01.